The number of nitrogens with zero attached hydrogens (tertiary/aromatic N) is 2. The predicted octanol–water partition coefficient (Wildman–Crippen LogP) is 3.59. The molecule has 0 aliphatic carbocycles. The smallest absolute Gasteiger partial charge is 0.414 e. The number of para-hydroxylation sites is 1. The van der Waals surface area contributed by atoms with Gasteiger partial charge in [-0.2, -0.15) is 0 Å². The van der Waals surface area contributed by atoms with Crippen LogP contribution in [0.1, 0.15) is 12.0 Å². The van der Waals surface area contributed by atoms with E-state index in [1.54, 1.807) is 11.0 Å². The first-order chi connectivity index (χ1) is 12.6. The van der Waals surface area contributed by atoms with Crippen LogP contribution in [0.3, 0.4) is 0 Å². The van der Waals surface area contributed by atoms with Crippen LogP contribution in [-0.2, 0) is 11.3 Å². The minimum atomic E-state index is -0.468. The number of hydrogen-bond acceptors (Lipinski definition) is 3. The van der Waals surface area contributed by atoms with Crippen LogP contribution in [0.2, 0.25) is 0 Å². The molecule has 0 radical (unpaired) electrons. The molecule has 2 aliphatic heterocycles. The molecule has 0 bridgehead atoms. The van der Waals surface area contributed by atoms with E-state index in [1.807, 2.05) is 30.3 Å². The molecular formula is C19H18FN3O3. The van der Waals surface area contributed by atoms with Gasteiger partial charge in [0, 0.05) is 18.8 Å². The molecular weight excluding hydrogens is 337 g/mol. The third-order valence-corrected chi connectivity index (χ3v) is 4.67. The number of nitrogens with one attached hydrogen (secondary N) is 1. The molecule has 4 rings (SSSR count). The lowest BCUT2D eigenvalue weighted by atomic mass is 10.1. The first-order valence-electron chi connectivity index (χ1n) is 8.47. The SMILES string of the molecule is O=C(Nc1ccccc1)N1CC[C@H]2COC(=O)N2c2cc(F)ccc2C1. The summed E-state index contributed by atoms with van der Waals surface area (Å²) in [4.78, 5) is 28.0. The van der Waals surface area contributed by atoms with Gasteiger partial charge in [0.05, 0.1) is 11.7 Å². The summed E-state index contributed by atoms with van der Waals surface area (Å²) >= 11 is 0. The molecule has 0 saturated carbocycles. The maximum atomic E-state index is 13.8. The Balaban J connectivity index is 1.63. The van der Waals surface area contributed by atoms with Crippen molar-refractivity contribution in [3.05, 3.63) is 59.9 Å². The highest BCUT2D eigenvalue weighted by Crippen LogP contribution is 2.32. The Hall–Kier alpha value is -3.09. The lowest BCUT2D eigenvalue weighted by molar-refractivity contribution is 0.177. The summed E-state index contributed by atoms with van der Waals surface area (Å²) in [5, 5.41) is 2.87. The summed E-state index contributed by atoms with van der Waals surface area (Å²) in [7, 11) is 0. The second-order valence-electron chi connectivity index (χ2n) is 6.38. The molecule has 26 heavy (non-hydrogen) atoms. The van der Waals surface area contributed by atoms with Crippen LogP contribution in [0.15, 0.2) is 48.5 Å². The van der Waals surface area contributed by atoms with Crippen LogP contribution in [0.25, 0.3) is 0 Å². The zero-order chi connectivity index (χ0) is 18.1. The van der Waals surface area contributed by atoms with Crippen LogP contribution in [-0.4, -0.2) is 36.2 Å². The number of hydrogen-bond donors (Lipinski definition) is 1. The summed E-state index contributed by atoms with van der Waals surface area (Å²) < 4.78 is 18.9. The largest absolute Gasteiger partial charge is 0.447 e. The molecule has 1 fully saturated rings. The summed E-state index contributed by atoms with van der Waals surface area (Å²) in [5.41, 5.74) is 1.88. The lowest BCUT2D eigenvalue weighted by Gasteiger charge is -2.32. The highest BCUT2D eigenvalue weighted by molar-refractivity contribution is 5.92. The second-order valence-corrected chi connectivity index (χ2v) is 6.38. The number of cyclic esters (lactones) is 1. The Kier molecular flexibility index (Phi) is 4.20. The zero-order valence-corrected chi connectivity index (χ0v) is 14.0. The third kappa shape index (κ3) is 3.08. The standard InChI is InChI=1S/C19H18FN3O3/c20-14-7-6-13-11-22(18(24)21-15-4-2-1-3-5-15)9-8-16-12-26-19(25)23(16)17(13)10-14/h1-7,10,16H,8-9,11-12H2,(H,21,24)/t16-/m0/s1. The Morgan fingerprint density at radius 1 is 1.19 bits per heavy atom. The average molecular weight is 355 g/mol. The number of halogens is 1. The van der Waals surface area contributed by atoms with Crippen molar-refractivity contribution in [2.75, 3.05) is 23.4 Å². The normalized spacial score (nSPS) is 19.1. The van der Waals surface area contributed by atoms with Crippen LogP contribution < -0.4 is 10.2 Å². The van der Waals surface area contributed by atoms with E-state index in [4.69, 9.17) is 4.74 Å². The number of amides is 3. The molecule has 1 N–H and O–H groups in total. The van der Waals surface area contributed by atoms with Gasteiger partial charge in [0.2, 0.25) is 0 Å². The minimum absolute atomic E-state index is 0.213. The lowest BCUT2D eigenvalue weighted by Crippen LogP contribution is -2.43. The molecule has 2 aliphatic rings. The van der Waals surface area contributed by atoms with Crippen molar-refractivity contribution in [1.29, 1.82) is 0 Å². The zero-order valence-electron chi connectivity index (χ0n) is 14.0. The van der Waals surface area contributed by atoms with Gasteiger partial charge in [-0.3, -0.25) is 4.90 Å². The van der Waals surface area contributed by atoms with Gasteiger partial charge in [0.15, 0.2) is 0 Å². The van der Waals surface area contributed by atoms with Crippen molar-refractivity contribution in [2.24, 2.45) is 0 Å². The Morgan fingerprint density at radius 3 is 2.81 bits per heavy atom. The summed E-state index contributed by atoms with van der Waals surface area (Å²) in [5.74, 6) is -0.428. The van der Waals surface area contributed by atoms with Gasteiger partial charge in [0.25, 0.3) is 0 Å². The number of ether oxygens (including phenoxy) is 1. The van der Waals surface area contributed by atoms with E-state index in [1.165, 1.54) is 17.0 Å². The van der Waals surface area contributed by atoms with Crippen molar-refractivity contribution in [3.8, 4) is 0 Å². The van der Waals surface area contributed by atoms with E-state index in [-0.39, 0.29) is 25.2 Å². The Bertz CT molecular complexity index is 843. The molecule has 0 spiro atoms. The quantitative estimate of drug-likeness (QED) is 0.850. The van der Waals surface area contributed by atoms with Crippen LogP contribution in [0.4, 0.5) is 25.4 Å². The van der Waals surface area contributed by atoms with Crippen LogP contribution in [0.5, 0.6) is 0 Å². The van der Waals surface area contributed by atoms with Gasteiger partial charge < -0.3 is 15.0 Å². The molecule has 3 amide bonds. The predicted molar refractivity (Wildman–Crippen MR) is 94.5 cm³/mol. The molecule has 0 unspecified atom stereocenters. The molecule has 7 heteroatoms. The highest BCUT2D eigenvalue weighted by Gasteiger charge is 2.37. The fraction of sp³-hybridized carbons (Fsp3) is 0.263. The van der Waals surface area contributed by atoms with Crippen LogP contribution in [0, 0.1) is 5.82 Å². The molecule has 2 aromatic carbocycles. The number of benzene rings is 2. The van der Waals surface area contributed by atoms with E-state index in [0.717, 1.165) is 0 Å². The first kappa shape index (κ1) is 16.4. The Morgan fingerprint density at radius 2 is 2.00 bits per heavy atom. The summed E-state index contributed by atoms with van der Waals surface area (Å²) in [6, 6.07) is 13.0. The van der Waals surface area contributed by atoms with E-state index < -0.39 is 11.9 Å². The monoisotopic (exact) mass is 355 g/mol. The Labute approximate surface area is 150 Å². The van der Waals surface area contributed by atoms with Gasteiger partial charge >= 0.3 is 12.1 Å². The molecule has 2 aromatic rings. The average Bonchev–Trinajstić information content (AvgIpc) is 2.98. The summed E-state index contributed by atoms with van der Waals surface area (Å²) in [6.07, 6.45) is 0.0909. The first-order valence-corrected chi connectivity index (χ1v) is 8.47. The van der Waals surface area contributed by atoms with Gasteiger partial charge in [-0.1, -0.05) is 24.3 Å². The molecule has 2 heterocycles. The maximum absolute atomic E-state index is 13.8. The fourth-order valence-electron chi connectivity index (χ4n) is 3.35. The number of carbonyl (C=O) groups is 2. The van der Waals surface area contributed by atoms with Crippen molar-refractivity contribution < 1.29 is 18.7 Å². The van der Waals surface area contributed by atoms with E-state index in [2.05, 4.69) is 5.32 Å². The van der Waals surface area contributed by atoms with E-state index in [9.17, 15) is 14.0 Å². The van der Waals surface area contributed by atoms with Gasteiger partial charge in [0.1, 0.15) is 12.4 Å². The second kappa shape index (κ2) is 6.67. The molecule has 0 aromatic heterocycles. The molecule has 1 atom stereocenters. The van der Waals surface area contributed by atoms with Crippen molar-refractivity contribution in [2.45, 2.75) is 19.0 Å². The van der Waals surface area contributed by atoms with Gasteiger partial charge in [-0.15, -0.1) is 0 Å². The maximum Gasteiger partial charge on any atom is 0.414 e. The molecule has 6 nitrogen and oxygen atoms in total. The minimum Gasteiger partial charge on any atom is -0.447 e. The van der Waals surface area contributed by atoms with Gasteiger partial charge in [-0.05, 0) is 36.2 Å². The third-order valence-electron chi connectivity index (χ3n) is 4.67. The highest BCUT2D eigenvalue weighted by atomic mass is 19.1. The fourth-order valence-corrected chi connectivity index (χ4v) is 3.35. The molecule has 134 valence electrons. The number of fused-ring (bicyclic) bond motifs is 3. The van der Waals surface area contributed by atoms with Crippen molar-refractivity contribution in [1.82, 2.24) is 4.90 Å². The number of rotatable bonds is 1. The van der Waals surface area contributed by atoms with Gasteiger partial charge in [-0.25, -0.2) is 14.0 Å². The van der Waals surface area contributed by atoms with Crippen molar-refractivity contribution in [3.63, 3.8) is 0 Å². The van der Waals surface area contributed by atoms with Crippen LogP contribution >= 0.6 is 0 Å². The number of carbonyl (C=O) groups excluding carboxylic acids is 2. The van der Waals surface area contributed by atoms with E-state index >= 15 is 0 Å². The molecule has 1 saturated heterocycles. The van der Waals surface area contributed by atoms with E-state index in [0.29, 0.717) is 29.9 Å². The topological polar surface area (TPSA) is 61.9 Å². The number of urea groups is 1. The number of anilines is 2. The van der Waals surface area contributed by atoms with Crippen molar-refractivity contribution >= 4 is 23.5 Å². The summed E-state index contributed by atoms with van der Waals surface area (Å²) in [6.45, 7) is 0.987.